The van der Waals surface area contributed by atoms with Gasteiger partial charge in [0.1, 0.15) is 10.8 Å². The molecule has 0 saturated heterocycles. The molecular formula is C8H5BrCl2F2O. The Bertz CT molecular complexity index is 333. The zero-order valence-corrected chi connectivity index (χ0v) is 9.84. The molecule has 14 heavy (non-hydrogen) atoms. The summed E-state index contributed by atoms with van der Waals surface area (Å²) < 4.78 is 27.9. The minimum atomic E-state index is -2.90. The molecule has 0 bridgehead atoms. The van der Waals surface area contributed by atoms with Crippen LogP contribution >= 0.6 is 39.1 Å². The standard InChI is InChI=1S/C8H5BrCl2F2O/c9-3-4-1-2-5(14-8(12)13)7(11)6(4)10/h1-2,8H,3H2. The third-order valence-electron chi connectivity index (χ3n) is 1.49. The summed E-state index contributed by atoms with van der Waals surface area (Å²) in [6.07, 6.45) is 0. The Balaban J connectivity index is 3.04. The predicted octanol–water partition coefficient (Wildman–Crippen LogP) is 4.49. The molecule has 0 saturated carbocycles. The number of halogens is 5. The van der Waals surface area contributed by atoms with Crippen LogP contribution in [0, 0.1) is 0 Å². The van der Waals surface area contributed by atoms with Gasteiger partial charge in [-0.05, 0) is 11.6 Å². The van der Waals surface area contributed by atoms with Crippen molar-refractivity contribution in [3.63, 3.8) is 0 Å². The largest absolute Gasteiger partial charge is 0.433 e. The number of benzene rings is 1. The molecule has 0 amide bonds. The fourth-order valence-electron chi connectivity index (χ4n) is 0.862. The normalized spacial score (nSPS) is 10.7. The zero-order chi connectivity index (χ0) is 10.7. The fourth-order valence-corrected chi connectivity index (χ4v) is 1.94. The molecule has 0 aliphatic heterocycles. The van der Waals surface area contributed by atoms with Crippen molar-refractivity contribution in [3.05, 3.63) is 27.7 Å². The van der Waals surface area contributed by atoms with E-state index in [2.05, 4.69) is 20.7 Å². The Labute approximate surface area is 98.1 Å². The highest BCUT2D eigenvalue weighted by molar-refractivity contribution is 9.08. The Morgan fingerprint density at radius 3 is 2.43 bits per heavy atom. The van der Waals surface area contributed by atoms with E-state index >= 15 is 0 Å². The van der Waals surface area contributed by atoms with Crippen LogP contribution in [0.5, 0.6) is 5.75 Å². The molecule has 0 N–H and O–H groups in total. The van der Waals surface area contributed by atoms with Crippen molar-refractivity contribution >= 4 is 39.1 Å². The van der Waals surface area contributed by atoms with Crippen molar-refractivity contribution in [2.45, 2.75) is 11.9 Å². The first-order chi connectivity index (χ1) is 6.56. The van der Waals surface area contributed by atoms with Crippen LogP contribution < -0.4 is 4.74 Å². The molecule has 1 aromatic rings. The lowest BCUT2D eigenvalue weighted by Gasteiger charge is -2.09. The van der Waals surface area contributed by atoms with E-state index < -0.39 is 6.61 Å². The Morgan fingerprint density at radius 2 is 1.93 bits per heavy atom. The predicted molar refractivity (Wildman–Crippen MR) is 55.7 cm³/mol. The lowest BCUT2D eigenvalue weighted by Crippen LogP contribution is -2.02. The molecule has 1 aromatic carbocycles. The molecule has 0 unspecified atom stereocenters. The van der Waals surface area contributed by atoms with Crippen LogP contribution in [0.3, 0.4) is 0 Å². The Hall–Kier alpha value is -0.0600. The van der Waals surface area contributed by atoms with Crippen LogP contribution in [0.25, 0.3) is 0 Å². The van der Waals surface area contributed by atoms with Crippen molar-refractivity contribution in [1.82, 2.24) is 0 Å². The van der Waals surface area contributed by atoms with Gasteiger partial charge >= 0.3 is 6.61 Å². The molecule has 0 heterocycles. The van der Waals surface area contributed by atoms with E-state index in [1.54, 1.807) is 6.07 Å². The lowest BCUT2D eigenvalue weighted by molar-refractivity contribution is -0.0497. The van der Waals surface area contributed by atoms with Crippen LogP contribution in [-0.2, 0) is 5.33 Å². The molecule has 0 atom stereocenters. The van der Waals surface area contributed by atoms with Gasteiger partial charge in [0.05, 0.1) is 5.02 Å². The van der Waals surface area contributed by atoms with Crippen molar-refractivity contribution in [1.29, 1.82) is 0 Å². The molecule has 0 aromatic heterocycles. The molecule has 0 aliphatic rings. The average Bonchev–Trinajstić information content (AvgIpc) is 2.13. The van der Waals surface area contributed by atoms with Gasteiger partial charge in [0, 0.05) is 5.33 Å². The maximum absolute atomic E-state index is 11.9. The summed E-state index contributed by atoms with van der Waals surface area (Å²) in [4.78, 5) is 0. The van der Waals surface area contributed by atoms with Crippen molar-refractivity contribution in [3.8, 4) is 5.75 Å². The second-order valence-electron chi connectivity index (χ2n) is 2.36. The van der Waals surface area contributed by atoms with Crippen LogP contribution in [-0.4, -0.2) is 6.61 Å². The van der Waals surface area contributed by atoms with E-state index in [4.69, 9.17) is 23.2 Å². The summed E-state index contributed by atoms with van der Waals surface area (Å²) in [5.74, 6) is -0.114. The molecule has 0 fully saturated rings. The van der Waals surface area contributed by atoms with Crippen molar-refractivity contribution in [2.75, 3.05) is 0 Å². The van der Waals surface area contributed by atoms with E-state index in [1.165, 1.54) is 6.07 Å². The van der Waals surface area contributed by atoms with Gasteiger partial charge in [0.25, 0.3) is 0 Å². The average molecular weight is 306 g/mol. The molecule has 0 aliphatic carbocycles. The van der Waals surface area contributed by atoms with Crippen LogP contribution in [0.1, 0.15) is 5.56 Å². The SMILES string of the molecule is FC(F)Oc1ccc(CBr)c(Cl)c1Cl. The first-order valence-corrected chi connectivity index (χ1v) is 5.41. The molecular weight excluding hydrogens is 301 g/mol. The van der Waals surface area contributed by atoms with Crippen LogP contribution in [0.15, 0.2) is 12.1 Å². The van der Waals surface area contributed by atoms with E-state index in [-0.39, 0.29) is 15.8 Å². The second-order valence-corrected chi connectivity index (χ2v) is 3.68. The minimum absolute atomic E-state index is 0.00363. The third kappa shape index (κ3) is 2.72. The zero-order valence-electron chi connectivity index (χ0n) is 6.74. The molecule has 6 heteroatoms. The van der Waals surface area contributed by atoms with Gasteiger partial charge < -0.3 is 4.74 Å². The minimum Gasteiger partial charge on any atom is -0.433 e. The van der Waals surface area contributed by atoms with Gasteiger partial charge in [-0.2, -0.15) is 8.78 Å². The summed E-state index contributed by atoms with van der Waals surface area (Å²) in [5, 5.41) is 0.728. The fraction of sp³-hybridized carbons (Fsp3) is 0.250. The van der Waals surface area contributed by atoms with Gasteiger partial charge in [-0.3, -0.25) is 0 Å². The van der Waals surface area contributed by atoms with E-state index in [0.29, 0.717) is 5.33 Å². The Morgan fingerprint density at radius 1 is 1.29 bits per heavy atom. The van der Waals surface area contributed by atoms with Crippen molar-refractivity contribution in [2.24, 2.45) is 0 Å². The number of hydrogen-bond acceptors (Lipinski definition) is 1. The van der Waals surface area contributed by atoms with Gasteiger partial charge in [-0.25, -0.2) is 0 Å². The smallest absolute Gasteiger partial charge is 0.387 e. The highest BCUT2D eigenvalue weighted by atomic mass is 79.9. The van der Waals surface area contributed by atoms with Crippen LogP contribution in [0.4, 0.5) is 8.78 Å². The van der Waals surface area contributed by atoms with Gasteiger partial charge in [-0.15, -0.1) is 0 Å². The Kier molecular flexibility index (Phi) is 4.41. The number of ether oxygens (including phenoxy) is 1. The molecule has 1 nitrogen and oxygen atoms in total. The first-order valence-electron chi connectivity index (χ1n) is 3.54. The maximum Gasteiger partial charge on any atom is 0.387 e. The maximum atomic E-state index is 11.9. The second kappa shape index (κ2) is 5.14. The summed E-state index contributed by atoms with van der Waals surface area (Å²) in [5.41, 5.74) is 0.721. The molecule has 78 valence electrons. The quantitative estimate of drug-likeness (QED) is 0.748. The lowest BCUT2D eigenvalue weighted by atomic mass is 10.2. The molecule has 1 rings (SSSR count). The third-order valence-corrected chi connectivity index (χ3v) is 2.99. The highest BCUT2D eigenvalue weighted by Gasteiger charge is 2.13. The summed E-state index contributed by atoms with van der Waals surface area (Å²) in [7, 11) is 0. The summed E-state index contributed by atoms with van der Waals surface area (Å²) in [6.45, 7) is -2.90. The van der Waals surface area contributed by atoms with Gasteiger partial charge in [0.15, 0.2) is 0 Å². The number of alkyl halides is 3. The summed E-state index contributed by atoms with van der Waals surface area (Å²) in [6, 6.07) is 2.93. The molecule has 0 radical (unpaired) electrons. The van der Waals surface area contributed by atoms with E-state index in [1.807, 2.05) is 0 Å². The van der Waals surface area contributed by atoms with Gasteiger partial charge in [-0.1, -0.05) is 45.2 Å². The monoisotopic (exact) mass is 304 g/mol. The van der Waals surface area contributed by atoms with Crippen LogP contribution in [0.2, 0.25) is 10.0 Å². The number of rotatable bonds is 3. The van der Waals surface area contributed by atoms with Gasteiger partial charge in [0.2, 0.25) is 0 Å². The van der Waals surface area contributed by atoms with Crippen molar-refractivity contribution < 1.29 is 13.5 Å². The molecule has 0 spiro atoms. The topological polar surface area (TPSA) is 9.23 Å². The highest BCUT2D eigenvalue weighted by Crippen LogP contribution is 2.36. The number of hydrogen-bond donors (Lipinski definition) is 0. The summed E-state index contributed by atoms with van der Waals surface area (Å²) >= 11 is 14.7. The first kappa shape index (κ1) is 12.0. The van der Waals surface area contributed by atoms with E-state index in [9.17, 15) is 8.78 Å². The van der Waals surface area contributed by atoms with E-state index in [0.717, 1.165) is 5.56 Å².